The predicted octanol–water partition coefficient (Wildman–Crippen LogP) is 4.03. The van der Waals surface area contributed by atoms with Crippen LogP contribution >= 0.6 is 15.9 Å². The maximum atomic E-state index is 5.88. The lowest BCUT2D eigenvalue weighted by Gasteiger charge is -2.36. The van der Waals surface area contributed by atoms with Crippen LogP contribution in [-0.2, 0) is 0 Å². The van der Waals surface area contributed by atoms with Gasteiger partial charge in [0.05, 0.1) is 18.8 Å². The fraction of sp³-hybridized carbons (Fsp3) is 0.250. The van der Waals surface area contributed by atoms with E-state index in [2.05, 4.69) is 46.1 Å². The fourth-order valence-corrected chi connectivity index (χ4v) is 2.83. The van der Waals surface area contributed by atoms with Gasteiger partial charge in [-0.2, -0.15) is 0 Å². The fourth-order valence-electron chi connectivity index (χ4n) is 2.48. The summed E-state index contributed by atoms with van der Waals surface area (Å²) in [5.74, 6) is 1.80. The van der Waals surface area contributed by atoms with Crippen molar-refractivity contribution in [3.05, 3.63) is 52.5 Å². The zero-order chi connectivity index (χ0) is 14.1. The molecule has 2 aromatic carbocycles. The Hall–Kier alpha value is -1.68. The van der Waals surface area contributed by atoms with Crippen LogP contribution in [0, 0.1) is 0 Å². The molecule has 4 heteroatoms. The minimum atomic E-state index is 0.211. The highest BCUT2D eigenvalue weighted by atomic mass is 79.9. The van der Waals surface area contributed by atoms with Gasteiger partial charge in [0.1, 0.15) is 18.1 Å². The molecule has 1 aliphatic rings. The van der Waals surface area contributed by atoms with Crippen LogP contribution in [0.15, 0.2) is 46.9 Å². The molecule has 0 spiro atoms. The third-order valence-corrected chi connectivity index (χ3v) is 4.16. The van der Waals surface area contributed by atoms with Gasteiger partial charge >= 0.3 is 0 Å². The molecule has 0 radical (unpaired) electrons. The molecule has 0 amide bonds. The monoisotopic (exact) mass is 333 g/mol. The van der Waals surface area contributed by atoms with Crippen molar-refractivity contribution in [1.29, 1.82) is 0 Å². The number of ether oxygens (including phenoxy) is 2. The lowest BCUT2D eigenvalue weighted by atomic mass is 10.0. The van der Waals surface area contributed by atoms with Gasteiger partial charge in [0.25, 0.3) is 0 Å². The second-order valence-corrected chi connectivity index (χ2v) is 5.74. The average molecular weight is 334 g/mol. The topological polar surface area (TPSA) is 21.7 Å². The standard InChI is InChI=1S/C16H16BrNO2/c1-18-14-9-12(17)5-8-16(14)20-10-15(18)11-3-6-13(19-2)7-4-11/h3-9,15H,10H2,1-2H3. The largest absolute Gasteiger partial charge is 0.497 e. The summed E-state index contributed by atoms with van der Waals surface area (Å²) in [6, 6.07) is 14.5. The summed E-state index contributed by atoms with van der Waals surface area (Å²) >= 11 is 3.51. The Morgan fingerprint density at radius 1 is 1.20 bits per heavy atom. The number of benzene rings is 2. The Kier molecular flexibility index (Phi) is 3.57. The number of likely N-dealkylation sites (N-methyl/N-ethyl adjacent to an activating group) is 1. The Bertz CT molecular complexity index is 612. The molecule has 0 bridgehead atoms. The Morgan fingerprint density at radius 2 is 1.95 bits per heavy atom. The number of fused-ring (bicyclic) bond motifs is 1. The second kappa shape index (κ2) is 5.37. The minimum absolute atomic E-state index is 0.211. The number of anilines is 1. The molecule has 0 aromatic heterocycles. The molecule has 0 saturated carbocycles. The van der Waals surface area contributed by atoms with E-state index < -0.39 is 0 Å². The van der Waals surface area contributed by atoms with Crippen molar-refractivity contribution in [2.45, 2.75) is 6.04 Å². The average Bonchev–Trinajstić information content (AvgIpc) is 2.48. The van der Waals surface area contributed by atoms with Crippen LogP contribution in [0.25, 0.3) is 0 Å². The van der Waals surface area contributed by atoms with Gasteiger partial charge in [-0.3, -0.25) is 0 Å². The summed E-state index contributed by atoms with van der Waals surface area (Å²) < 4.78 is 12.1. The molecule has 0 aliphatic carbocycles. The first-order valence-electron chi connectivity index (χ1n) is 6.48. The van der Waals surface area contributed by atoms with E-state index >= 15 is 0 Å². The first-order chi connectivity index (χ1) is 9.69. The maximum Gasteiger partial charge on any atom is 0.142 e. The quantitative estimate of drug-likeness (QED) is 0.828. The summed E-state index contributed by atoms with van der Waals surface area (Å²) in [6.07, 6.45) is 0. The molecule has 1 unspecified atom stereocenters. The van der Waals surface area contributed by atoms with Gasteiger partial charge in [-0.25, -0.2) is 0 Å². The van der Waals surface area contributed by atoms with Gasteiger partial charge in [-0.05, 0) is 35.9 Å². The summed E-state index contributed by atoms with van der Waals surface area (Å²) in [4.78, 5) is 2.26. The first-order valence-corrected chi connectivity index (χ1v) is 7.27. The normalized spacial score (nSPS) is 17.4. The van der Waals surface area contributed by atoms with E-state index in [1.54, 1.807) is 7.11 Å². The highest BCUT2D eigenvalue weighted by molar-refractivity contribution is 9.10. The Balaban J connectivity index is 1.92. The van der Waals surface area contributed by atoms with E-state index in [0.29, 0.717) is 6.61 Å². The highest BCUT2D eigenvalue weighted by Gasteiger charge is 2.26. The van der Waals surface area contributed by atoms with Crippen LogP contribution in [0.2, 0.25) is 0 Å². The van der Waals surface area contributed by atoms with Crippen molar-refractivity contribution in [1.82, 2.24) is 0 Å². The van der Waals surface area contributed by atoms with Gasteiger partial charge in [0.15, 0.2) is 0 Å². The van der Waals surface area contributed by atoms with Crippen molar-refractivity contribution in [2.24, 2.45) is 0 Å². The smallest absolute Gasteiger partial charge is 0.142 e. The number of halogens is 1. The van der Waals surface area contributed by atoms with E-state index in [4.69, 9.17) is 9.47 Å². The third kappa shape index (κ3) is 2.36. The molecule has 104 valence electrons. The van der Waals surface area contributed by atoms with Gasteiger partial charge < -0.3 is 14.4 Å². The second-order valence-electron chi connectivity index (χ2n) is 4.82. The maximum absolute atomic E-state index is 5.88. The van der Waals surface area contributed by atoms with Crippen molar-refractivity contribution in [3.8, 4) is 11.5 Å². The van der Waals surface area contributed by atoms with Gasteiger partial charge in [-0.1, -0.05) is 28.1 Å². The van der Waals surface area contributed by atoms with Crippen LogP contribution < -0.4 is 14.4 Å². The molecule has 2 aromatic rings. The molecule has 20 heavy (non-hydrogen) atoms. The Morgan fingerprint density at radius 3 is 2.65 bits per heavy atom. The van der Waals surface area contributed by atoms with E-state index in [-0.39, 0.29) is 6.04 Å². The molecular weight excluding hydrogens is 318 g/mol. The van der Waals surface area contributed by atoms with E-state index in [9.17, 15) is 0 Å². The van der Waals surface area contributed by atoms with E-state index in [0.717, 1.165) is 21.7 Å². The lowest BCUT2D eigenvalue weighted by molar-refractivity contribution is 0.268. The third-order valence-electron chi connectivity index (χ3n) is 3.67. The van der Waals surface area contributed by atoms with Gasteiger partial charge in [0, 0.05) is 11.5 Å². The van der Waals surface area contributed by atoms with Crippen molar-refractivity contribution >= 4 is 21.6 Å². The number of nitrogens with zero attached hydrogens (tertiary/aromatic N) is 1. The molecule has 3 rings (SSSR count). The van der Waals surface area contributed by atoms with Gasteiger partial charge in [0.2, 0.25) is 0 Å². The van der Waals surface area contributed by atoms with E-state index in [1.165, 1.54) is 5.56 Å². The highest BCUT2D eigenvalue weighted by Crippen LogP contribution is 2.39. The summed E-state index contributed by atoms with van der Waals surface area (Å²) in [5, 5.41) is 0. The van der Waals surface area contributed by atoms with Crippen molar-refractivity contribution in [2.75, 3.05) is 25.7 Å². The molecule has 1 heterocycles. The number of hydrogen-bond acceptors (Lipinski definition) is 3. The van der Waals surface area contributed by atoms with Crippen LogP contribution in [0.3, 0.4) is 0 Å². The molecule has 1 aliphatic heterocycles. The van der Waals surface area contributed by atoms with Crippen molar-refractivity contribution in [3.63, 3.8) is 0 Å². The van der Waals surface area contributed by atoms with Crippen LogP contribution in [0.1, 0.15) is 11.6 Å². The zero-order valence-electron chi connectivity index (χ0n) is 11.5. The summed E-state index contributed by atoms with van der Waals surface area (Å²) in [6.45, 7) is 0.650. The lowest BCUT2D eigenvalue weighted by Crippen LogP contribution is -2.33. The Labute approximate surface area is 127 Å². The van der Waals surface area contributed by atoms with Crippen LogP contribution in [0.5, 0.6) is 11.5 Å². The molecule has 3 nitrogen and oxygen atoms in total. The zero-order valence-corrected chi connectivity index (χ0v) is 13.1. The molecule has 0 N–H and O–H groups in total. The van der Waals surface area contributed by atoms with Crippen LogP contribution in [0.4, 0.5) is 5.69 Å². The molecular formula is C16H16BrNO2. The number of hydrogen-bond donors (Lipinski definition) is 0. The van der Waals surface area contributed by atoms with Gasteiger partial charge in [-0.15, -0.1) is 0 Å². The minimum Gasteiger partial charge on any atom is -0.497 e. The summed E-state index contributed by atoms with van der Waals surface area (Å²) in [5.41, 5.74) is 2.32. The molecule has 1 atom stereocenters. The first kappa shape index (κ1) is 13.3. The molecule has 0 saturated heterocycles. The van der Waals surface area contributed by atoms with E-state index in [1.807, 2.05) is 24.3 Å². The number of rotatable bonds is 2. The SMILES string of the molecule is COc1ccc(C2COc3ccc(Br)cc3N2C)cc1. The van der Waals surface area contributed by atoms with Crippen LogP contribution in [-0.4, -0.2) is 20.8 Å². The molecule has 0 fully saturated rings. The predicted molar refractivity (Wildman–Crippen MR) is 83.8 cm³/mol. The van der Waals surface area contributed by atoms with Crippen molar-refractivity contribution < 1.29 is 9.47 Å². The summed E-state index contributed by atoms with van der Waals surface area (Å²) in [7, 11) is 3.78. The number of methoxy groups -OCH3 is 1.